The quantitative estimate of drug-likeness (QED) is 0.181. The van der Waals surface area contributed by atoms with Gasteiger partial charge in [0.25, 0.3) is 0 Å². The summed E-state index contributed by atoms with van der Waals surface area (Å²) in [6.07, 6.45) is 0. The summed E-state index contributed by atoms with van der Waals surface area (Å²) in [5.74, 6) is 0. The van der Waals surface area contributed by atoms with Crippen LogP contribution in [0.1, 0.15) is 5.56 Å². The van der Waals surface area contributed by atoms with Crippen LogP contribution in [-0.4, -0.2) is 0 Å². The van der Waals surface area contributed by atoms with Crippen LogP contribution in [0.2, 0.25) is 0 Å². The second-order valence-electron chi connectivity index (χ2n) is 10.8. The molecule has 0 saturated carbocycles. The Morgan fingerprint density at radius 2 is 0.628 bits per heavy atom. The lowest BCUT2D eigenvalue weighted by Gasteiger charge is -2.23. The summed E-state index contributed by atoms with van der Waals surface area (Å²) in [6.45, 7) is 2.15. The van der Waals surface area contributed by atoms with Crippen molar-refractivity contribution >= 4 is 0 Å². The molecule has 0 bridgehead atoms. The maximum atomic E-state index is 2.48. The molecular weight excluding hydrogens is 518 g/mol. The first kappa shape index (κ1) is 26.4. The molecule has 7 rings (SSSR count). The minimum absolute atomic E-state index is 1.12. The molecule has 1 nitrogen and oxygen atoms in total. The monoisotopic (exact) mass is 550 g/mol. The van der Waals surface area contributed by atoms with Gasteiger partial charge in [-0.05, 0) is 47.9 Å². The first-order valence-electron chi connectivity index (χ1n) is 14.8. The highest BCUT2D eigenvalue weighted by Gasteiger charge is 2.35. The van der Waals surface area contributed by atoms with Crippen molar-refractivity contribution in [3.8, 4) is 61.6 Å². The number of hydrogen-bond acceptors (Lipinski definition) is 0. The fourth-order valence-electron chi connectivity index (χ4n) is 6.05. The number of nitrogens with zero attached hydrogens (tertiary/aromatic N) is 1. The van der Waals surface area contributed by atoms with Crippen LogP contribution in [0.4, 0.5) is 0 Å². The average Bonchev–Trinajstić information content (AvgIpc) is 3.09. The normalized spacial score (nSPS) is 10.9. The standard InChI is InChI=1S/C42H32N/c1-31-27-29-34(30-28-31)38-39(32-17-7-2-8-18-32)41(35-21-11-4-12-22-35)43(37-25-15-6-16-26-37)42(36-23-13-5-14-24-36)40(38)33-19-9-3-10-20-33/h2-30H,1H3/q+1. The topological polar surface area (TPSA) is 3.88 Å². The van der Waals surface area contributed by atoms with Crippen molar-refractivity contribution in [2.45, 2.75) is 6.92 Å². The number of hydrogen-bond donors (Lipinski definition) is 0. The van der Waals surface area contributed by atoms with E-state index in [9.17, 15) is 0 Å². The van der Waals surface area contributed by atoms with Gasteiger partial charge in [0.05, 0.1) is 11.1 Å². The molecular formula is C42H32N+. The zero-order valence-corrected chi connectivity index (χ0v) is 24.2. The van der Waals surface area contributed by atoms with Crippen molar-refractivity contribution in [3.05, 3.63) is 181 Å². The third-order valence-electron chi connectivity index (χ3n) is 7.99. The van der Waals surface area contributed by atoms with E-state index >= 15 is 0 Å². The lowest BCUT2D eigenvalue weighted by molar-refractivity contribution is -0.571. The minimum atomic E-state index is 1.12. The van der Waals surface area contributed by atoms with E-state index in [1.807, 2.05) is 0 Å². The van der Waals surface area contributed by atoms with Crippen molar-refractivity contribution in [1.29, 1.82) is 0 Å². The summed E-state index contributed by atoms with van der Waals surface area (Å²) in [5, 5.41) is 0. The Balaban J connectivity index is 1.81. The molecule has 0 amide bonds. The predicted octanol–water partition coefficient (Wildman–Crippen LogP) is 10.6. The summed E-state index contributed by atoms with van der Waals surface area (Å²) >= 11 is 0. The SMILES string of the molecule is Cc1ccc(-c2c(-c3ccccc3)c(-c3ccccc3)[n+](-c3ccccc3)c(-c3ccccc3)c2-c2ccccc2)cc1. The lowest BCUT2D eigenvalue weighted by Crippen LogP contribution is -2.38. The number of aryl methyl sites for hydroxylation is 1. The van der Waals surface area contributed by atoms with Gasteiger partial charge in [-0.15, -0.1) is 0 Å². The van der Waals surface area contributed by atoms with Crippen LogP contribution in [0.3, 0.4) is 0 Å². The number of benzene rings is 6. The van der Waals surface area contributed by atoms with Crippen molar-refractivity contribution < 1.29 is 4.57 Å². The summed E-state index contributed by atoms with van der Waals surface area (Å²) in [4.78, 5) is 0. The molecule has 0 saturated heterocycles. The van der Waals surface area contributed by atoms with Crippen molar-refractivity contribution in [2.75, 3.05) is 0 Å². The van der Waals surface area contributed by atoms with Crippen LogP contribution >= 0.6 is 0 Å². The first-order valence-corrected chi connectivity index (χ1v) is 14.8. The molecule has 0 radical (unpaired) electrons. The second-order valence-corrected chi connectivity index (χ2v) is 10.8. The molecule has 0 fully saturated rings. The Hall–Kier alpha value is -5.53. The molecule has 0 aliphatic heterocycles. The van der Waals surface area contributed by atoms with Gasteiger partial charge in [0, 0.05) is 28.8 Å². The van der Waals surface area contributed by atoms with Crippen LogP contribution in [-0.2, 0) is 0 Å². The molecule has 204 valence electrons. The summed E-state index contributed by atoms with van der Waals surface area (Å²) in [7, 11) is 0. The van der Waals surface area contributed by atoms with E-state index in [4.69, 9.17) is 0 Å². The number of aromatic nitrogens is 1. The Labute approximate surface area is 254 Å². The van der Waals surface area contributed by atoms with Gasteiger partial charge in [0.15, 0.2) is 0 Å². The minimum Gasteiger partial charge on any atom is -0.152 e. The summed E-state index contributed by atoms with van der Waals surface area (Å²) < 4.78 is 2.48. The highest BCUT2D eigenvalue weighted by molar-refractivity contribution is 6.03. The zero-order chi connectivity index (χ0) is 29.0. The Kier molecular flexibility index (Phi) is 7.21. The molecule has 0 aliphatic carbocycles. The molecule has 1 heterocycles. The van der Waals surface area contributed by atoms with Gasteiger partial charge in [-0.1, -0.05) is 145 Å². The van der Waals surface area contributed by atoms with Crippen LogP contribution in [0.5, 0.6) is 0 Å². The Morgan fingerprint density at radius 1 is 0.302 bits per heavy atom. The molecule has 0 aliphatic rings. The first-order chi connectivity index (χ1) is 21.3. The van der Waals surface area contributed by atoms with E-state index in [0.717, 1.165) is 28.2 Å². The van der Waals surface area contributed by atoms with Gasteiger partial charge in [0.2, 0.25) is 17.1 Å². The molecule has 0 atom stereocenters. The molecule has 0 spiro atoms. The molecule has 43 heavy (non-hydrogen) atoms. The molecule has 1 aromatic heterocycles. The second kappa shape index (κ2) is 11.8. The number of para-hydroxylation sites is 1. The van der Waals surface area contributed by atoms with Gasteiger partial charge in [-0.3, -0.25) is 0 Å². The van der Waals surface area contributed by atoms with E-state index in [2.05, 4.69) is 187 Å². The highest BCUT2D eigenvalue weighted by Crippen LogP contribution is 2.48. The maximum absolute atomic E-state index is 2.48. The van der Waals surface area contributed by atoms with Crippen LogP contribution < -0.4 is 4.57 Å². The highest BCUT2D eigenvalue weighted by atomic mass is 15.0. The summed E-state index contributed by atoms with van der Waals surface area (Å²) in [5.41, 5.74) is 14.2. The van der Waals surface area contributed by atoms with Crippen molar-refractivity contribution in [3.63, 3.8) is 0 Å². The van der Waals surface area contributed by atoms with Gasteiger partial charge in [-0.2, -0.15) is 4.57 Å². The third-order valence-corrected chi connectivity index (χ3v) is 7.99. The average molecular weight is 551 g/mol. The largest absolute Gasteiger partial charge is 0.227 e. The molecule has 1 heteroatoms. The zero-order valence-electron chi connectivity index (χ0n) is 24.2. The maximum Gasteiger partial charge on any atom is 0.227 e. The Morgan fingerprint density at radius 3 is 1.02 bits per heavy atom. The number of rotatable bonds is 6. The van der Waals surface area contributed by atoms with E-state index in [1.54, 1.807) is 0 Å². The fourth-order valence-corrected chi connectivity index (χ4v) is 6.05. The van der Waals surface area contributed by atoms with Crippen molar-refractivity contribution in [1.82, 2.24) is 0 Å². The fraction of sp³-hybridized carbons (Fsp3) is 0.0238. The van der Waals surface area contributed by atoms with Gasteiger partial charge >= 0.3 is 0 Å². The van der Waals surface area contributed by atoms with E-state index in [0.29, 0.717) is 0 Å². The van der Waals surface area contributed by atoms with Crippen LogP contribution in [0, 0.1) is 6.92 Å². The number of pyridine rings is 1. The van der Waals surface area contributed by atoms with E-state index in [-0.39, 0.29) is 0 Å². The lowest BCUT2D eigenvalue weighted by atomic mass is 9.82. The van der Waals surface area contributed by atoms with Gasteiger partial charge < -0.3 is 0 Å². The van der Waals surface area contributed by atoms with E-state index in [1.165, 1.54) is 38.9 Å². The van der Waals surface area contributed by atoms with Crippen molar-refractivity contribution in [2.24, 2.45) is 0 Å². The van der Waals surface area contributed by atoms with Crippen LogP contribution in [0.25, 0.3) is 61.6 Å². The third kappa shape index (κ3) is 5.07. The molecule has 0 unspecified atom stereocenters. The molecule has 0 N–H and O–H groups in total. The van der Waals surface area contributed by atoms with Crippen LogP contribution in [0.15, 0.2) is 176 Å². The van der Waals surface area contributed by atoms with E-state index < -0.39 is 0 Å². The van der Waals surface area contributed by atoms with Gasteiger partial charge in [-0.25, -0.2) is 0 Å². The predicted molar refractivity (Wildman–Crippen MR) is 180 cm³/mol. The molecule has 6 aromatic carbocycles. The smallest absolute Gasteiger partial charge is 0.152 e. The van der Waals surface area contributed by atoms with Gasteiger partial charge in [0.1, 0.15) is 0 Å². The molecule has 7 aromatic rings. The Bertz CT molecular complexity index is 1860. The summed E-state index contributed by atoms with van der Waals surface area (Å²) in [6, 6.07) is 63.2.